The summed E-state index contributed by atoms with van der Waals surface area (Å²) in [4.78, 5) is 0. The lowest BCUT2D eigenvalue weighted by atomic mass is 9.86. The Kier molecular flexibility index (Phi) is 4.54. The van der Waals surface area contributed by atoms with Gasteiger partial charge < -0.3 is 15.2 Å². The fraction of sp³-hybridized carbons (Fsp3) is 0.625. The minimum absolute atomic E-state index is 0.0752. The fourth-order valence-corrected chi connectivity index (χ4v) is 4.38. The highest BCUT2D eigenvalue weighted by Crippen LogP contribution is 2.38. The molecule has 2 fully saturated rings. The van der Waals surface area contributed by atoms with Crippen LogP contribution in [0.5, 0.6) is 5.75 Å². The molecule has 0 bridgehead atoms. The van der Waals surface area contributed by atoms with Crippen molar-refractivity contribution in [3.05, 3.63) is 29.8 Å². The van der Waals surface area contributed by atoms with E-state index in [0.29, 0.717) is 6.54 Å². The van der Waals surface area contributed by atoms with Gasteiger partial charge in [-0.15, -0.1) is 0 Å². The number of hydrogen-bond donors (Lipinski definition) is 1. The van der Waals surface area contributed by atoms with Gasteiger partial charge in [0.2, 0.25) is 0 Å². The van der Waals surface area contributed by atoms with Crippen LogP contribution in [-0.4, -0.2) is 29.8 Å². The summed E-state index contributed by atoms with van der Waals surface area (Å²) in [5.74, 6) is 3.38. The molecule has 0 amide bonds. The van der Waals surface area contributed by atoms with Crippen molar-refractivity contribution >= 4 is 11.8 Å². The zero-order valence-corrected chi connectivity index (χ0v) is 12.7. The quantitative estimate of drug-likeness (QED) is 0.930. The molecule has 0 aromatic heterocycles. The number of ether oxygens (including phenoxy) is 2. The van der Waals surface area contributed by atoms with Gasteiger partial charge in [0.05, 0.1) is 12.2 Å². The van der Waals surface area contributed by atoms with Gasteiger partial charge in [0.15, 0.2) is 0 Å². The normalized spacial score (nSPS) is 25.6. The van der Waals surface area contributed by atoms with Crippen molar-refractivity contribution in [1.82, 2.24) is 0 Å². The van der Waals surface area contributed by atoms with Crippen LogP contribution < -0.4 is 10.5 Å². The molecule has 0 radical (unpaired) electrons. The Hall–Kier alpha value is -0.710. The van der Waals surface area contributed by atoms with Crippen LogP contribution >= 0.6 is 11.8 Å². The molecule has 2 aliphatic rings. The van der Waals surface area contributed by atoms with Gasteiger partial charge >= 0.3 is 0 Å². The van der Waals surface area contributed by atoms with E-state index in [1.54, 1.807) is 0 Å². The lowest BCUT2D eigenvalue weighted by molar-refractivity contribution is -0.116. The first-order chi connectivity index (χ1) is 9.81. The number of benzene rings is 1. The van der Waals surface area contributed by atoms with E-state index in [9.17, 15) is 0 Å². The van der Waals surface area contributed by atoms with E-state index in [2.05, 4.69) is 0 Å². The molecule has 0 saturated carbocycles. The number of rotatable bonds is 3. The van der Waals surface area contributed by atoms with Gasteiger partial charge in [-0.05, 0) is 30.4 Å². The average molecular weight is 293 g/mol. The zero-order valence-electron chi connectivity index (χ0n) is 11.8. The van der Waals surface area contributed by atoms with E-state index < -0.39 is 0 Å². The monoisotopic (exact) mass is 293 g/mol. The van der Waals surface area contributed by atoms with Crippen molar-refractivity contribution in [2.24, 2.45) is 5.73 Å². The average Bonchev–Trinajstić information content (AvgIpc) is 2.49. The second kappa shape index (κ2) is 6.37. The maximum absolute atomic E-state index is 6.24. The minimum Gasteiger partial charge on any atom is -0.490 e. The lowest BCUT2D eigenvalue weighted by Crippen LogP contribution is -2.46. The molecule has 1 spiro atoms. The van der Waals surface area contributed by atoms with Gasteiger partial charge in [0.25, 0.3) is 0 Å². The van der Waals surface area contributed by atoms with Crippen LogP contribution in [0.15, 0.2) is 24.3 Å². The second-order valence-corrected chi connectivity index (χ2v) is 6.91. The molecule has 3 nitrogen and oxygen atoms in total. The van der Waals surface area contributed by atoms with Gasteiger partial charge in [0, 0.05) is 24.9 Å². The smallest absolute Gasteiger partial charge is 0.124 e. The molecular formula is C16H23NO2S. The molecule has 0 aliphatic carbocycles. The van der Waals surface area contributed by atoms with E-state index in [0.717, 1.165) is 43.6 Å². The van der Waals surface area contributed by atoms with Crippen LogP contribution in [0.25, 0.3) is 0 Å². The highest BCUT2D eigenvalue weighted by Gasteiger charge is 2.39. The van der Waals surface area contributed by atoms with E-state index in [1.807, 2.05) is 36.0 Å². The fourth-order valence-electron chi connectivity index (χ4n) is 3.14. The van der Waals surface area contributed by atoms with Gasteiger partial charge in [-0.2, -0.15) is 11.8 Å². The molecule has 110 valence electrons. The van der Waals surface area contributed by atoms with Crippen LogP contribution in [0.3, 0.4) is 0 Å². The first-order valence-electron chi connectivity index (χ1n) is 7.48. The largest absolute Gasteiger partial charge is 0.490 e. The third kappa shape index (κ3) is 3.13. The van der Waals surface area contributed by atoms with Crippen molar-refractivity contribution in [2.75, 3.05) is 18.1 Å². The molecule has 2 aliphatic heterocycles. The van der Waals surface area contributed by atoms with Crippen molar-refractivity contribution in [1.29, 1.82) is 0 Å². The van der Waals surface area contributed by atoms with Gasteiger partial charge in [0.1, 0.15) is 11.9 Å². The summed E-state index contributed by atoms with van der Waals surface area (Å²) in [7, 11) is 0. The predicted molar refractivity (Wildman–Crippen MR) is 83.2 cm³/mol. The summed E-state index contributed by atoms with van der Waals surface area (Å²) in [5, 5.41) is 0. The van der Waals surface area contributed by atoms with Crippen LogP contribution in [0.1, 0.15) is 31.2 Å². The third-order valence-corrected chi connectivity index (χ3v) is 5.32. The van der Waals surface area contributed by atoms with Crippen LogP contribution in [0.2, 0.25) is 0 Å². The molecule has 3 rings (SSSR count). The van der Waals surface area contributed by atoms with E-state index in [-0.39, 0.29) is 11.7 Å². The van der Waals surface area contributed by atoms with Crippen molar-refractivity contribution < 1.29 is 9.47 Å². The molecule has 1 aromatic carbocycles. The van der Waals surface area contributed by atoms with Crippen LogP contribution in [-0.2, 0) is 11.3 Å². The summed E-state index contributed by atoms with van der Waals surface area (Å²) >= 11 is 2.04. The third-order valence-electron chi connectivity index (χ3n) is 4.34. The number of hydrogen-bond acceptors (Lipinski definition) is 4. The van der Waals surface area contributed by atoms with E-state index in [4.69, 9.17) is 15.2 Å². The topological polar surface area (TPSA) is 44.5 Å². The Morgan fingerprint density at radius 1 is 1.30 bits per heavy atom. The zero-order chi connectivity index (χ0) is 13.8. The minimum atomic E-state index is 0.0752. The van der Waals surface area contributed by atoms with Gasteiger partial charge in [-0.3, -0.25) is 0 Å². The van der Waals surface area contributed by atoms with E-state index >= 15 is 0 Å². The molecule has 20 heavy (non-hydrogen) atoms. The lowest BCUT2D eigenvalue weighted by Gasteiger charge is -2.43. The first kappa shape index (κ1) is 14.2. The Morgan fingerprint density at radius 3 is 2.90 bits per heavy atom. The van der Waals surface area contributed by atoms with Crippen LogP contribution in [0.4, 0.5) is 0 Å². The first-order valence-corrected chi connectivity index (χ1v) is 8.63. The maximum Gasteiger partial charge on any atom is 0.124 e. The highest BCUT2D eigenvalue weighted by atomic mass is 32.2. The second-order valence-electron chi connectivity index (χ2n) is 5.69. The van der Waals surface area contributed by atoms with E-state index in [1.165, 1.54) is 11.5 Å². The summed E-state index contributed by atoms with van der Waals surface area (Å²) in [6, 6.07) is 8.10. The Morgan fingerprint density at radius 2 is 2.10 bits per heavy atom. The summed E-state index contributed by atoms with van der Waals surface area (Å²) in [5.41, 5.74) is 6.95. The molecule has 2 saturated heterocycles. The molecule has 1 atom stereocenters. The molecule has 1 unspecified atom stereocenters. The Bertz CT molecular complexity index is 440. The van der Waals surface area contributed by atoms with Crippen molar-refractivity contribution in [3.8, 4) is 5.75 Å². The highest BCUT2D eigenvalue weighted by molar-refractivity contribution is 7.99. The van der Waals surface area contributed by atoms with Crippen LogP contribution in [0, 0.1) is 0 Å². The maximum atomic E-state index is 6.24. The number of para-hydroxylation sites is 1. The molecule has 2 N–H and O–H groups in total. The SMILES string of the molecule is NCc1ccccc1OC1CCOC2(CCSCC2)C1. The molecule has 4 heteroatoms. The Labute approximate surface area is 125 Å². The van der Waals surface area contributed by atoms with Crippen molar-refractivity contribution in [3.63, 3.8) is 0 Å². The number of nitrogens with two attached hydrogens (primary N) is 1. The van der Waals surface area contributed by atoms with Gasteiger partial charge in [-0.25, -0.2) is 0 Å². The summed E-state index contributed by atoms with van der Waals surface area (Å²) in [6.07, 6.45) is 4.59. The summed E-state index contributed by atoms with van der Waals surface area (Å²) < 4.78 is 12.4. The predicted octanol–water partition coefficient (Wildman–Crippen LogP) is 2.97. The standard InChI is InChI=1S/C16H23NO2S/c17-12-13-3-1-2-4-15(13)19-14-5-8-18-16(11-14)6-9-20-10-7-16/h1-4,14H,5-12,17H2. The van der Waals surface area contributed by atoms with Crippen molar-refractivity contribution in [2.45, 2.75) is 43.9 Å². The summed E-state index contributed by atoms with van der Waals surface area (Å²) in [6.45, 7) is 1.35. The molecule has 2 heterocycles. The number of thioether (sulfide) groups is 1. The van der Waals surface area contributed by atoms with Gasteiger partial charge in [-0.1, -0.05) is 18.2 Å². The Balaban J connectivity index is 1.68. The molecule has 1 aromatic rings. The molecular weight excluding hydrogens is 270 g/mol.